The number of H-pyrrole nitrogens is 1. The first kappa shape index (κ1) is 17.8. The van der Waals surface area contributed by atoms with Crippen molar-refractivity contribution in [2.24, 2.45) is 0 Å². The highest BCUT2D eigenvalue weighted by Gasteiger charge is 2.30. The summed E-state index contributed by atoms with van der Waals surface area (Å²) in [6.07, 6.45) is 3.66. The Hall–Kier alpha value is -3.28. The molecular weight excluding hydrogens is 369 g/mol. The van der Waals surface area contributed by atoms with Gasteiger partial charge in [-0.15, -0.1) is 0 Å². The highest BCUT2D eigenvalue weighted by Crippen LogP contribution is 2.33. The number of hydrogen-bond acceptors (Lipinski definition) is 3. The number of hydrogen-bond donors (Lipinski definition) is 1. The Kier molecular flexibility index (Phi) is 4.27. The van der Waals surface area contributed by atoms with E-state index in [0.717, 1.165) is 30.2 Å². The van der Waals surface area contributed by atoms with Crippen LogP contribution in [-0.2, 0) is 6.42 Å². The molecule has 0 spiro atoms. The van der Waals surface area contributed by atoms with E-state index in [9.17, 15) is 14.0 Å². The second-order valence-electron chi connectivity index (χ2n) is 7.76. The van der Waals surface area contributed by atoms with Gasteiger partial charge in [0.2, 0.25) is 0 Å². The van der Waals surface area contributed by atoms with Crippen molar-refractivity contribution in [2.75, 3.05) is 13.1 Å². The van der Waals surface area contributed by atoms with E-state index in [4.69, 9.17) is 0 Å². The number of nitrogens with zero attached hydrogens (tertiary/aromatic N) is 2. The number of amides is 1. The van der Waals surface area contributed by atoms with Crippen LogP contribution in [0.3, 0.4) is 0 Å². The van der Waals surface area contributed by atoms with Gasteiger partial charge in [-0.2, -0.15) is 5.10 Å². The summed E-state index contributed by atoms with van der Waals surface area (Å²) in [6, 6.07) is 11.9. The van der Waals surface area contributed by atoms with Crippen LogP contribution in [0.4, 0.5) is 4.39 Å². The van der Waals surface area contributed by atoms with Crippen molar-refractivity contribution in [2.45, 2.75) is 25.7 Å². The van der Waals surface area contributed by atoms with E-state index in [1.807, 2.05) is 12.1 Å². The molecule has 0 saturated carbocycles. The third kappa shape index (κ3) is 3.14. The summed E-state index contributed by atoms with van der Waals surface area (Å²) >= 11 is 0. The molecule has 146 valence electrons. The lowest BCUT2D eigenvalue weighted by atomic mass is 10.0. The number of benzene rings is 2. The first-order valence-electron chi connectivity index (χ1n) is 9.84. The zero-order valence-corrected chi connectivity index (χ0v) is 15.9. The quantitative estimate of drug-likeness (QED) is 0.696. The van der Waals surface area contributed by atoms with Gasteiger partial charge in [0, 0.05) is 24.9 Å². The zero-order valence-electron chi connectivity index (χ0n) is 15.9. The topological polar surface area (TPSA) is 66.1 Å². The fraction of sp³-hybridized carbons (Fsp3) is 0.261. The van der Waals surface area contributed by atoms with Crippen LogP contribution < -0.4 is 5.56 Å². The molecule has 5 rings (SSSR count). The molecule has 29 heavy (non-hydrogen) atoms. The number of likely N-dealkylation sites (tertiary alicyclic amines) is 1. The van der Waals surface area contributed by atoms with Crippen LogP contribution in [0.2, 0.25) is 0 Å². The summed E-state index contributed by atoms with van der Waals surface area (Å²) in [7, 11) is 0. The summed E-state index contributed by atoms with van der Waals surface area (Å²) in [6.45, 7) is 1.23. The number of aromatic nitrogens is 2. The summed E-state index contributed by atoms with van der Waals surface area (Å²) < 4.78 is 14.5. The minimum atomic E-state index is -0.509. The smallest absolute Gasteiger partial charge is 0.272 e. The number of carbonyl (C=O) groups is 1. The van der Waals surface area contributed by atoms with Crippen LogP contribution in [-0.4, -0.2) is 34.1 Å². The van der Waals surface area contributed by atoms with E-state index in [0.29, 0.717) is 30.6 Å². The van der Waals surface area contributed by atoms with Crippen LogP contribution in [0.5, 0.6) is 0 Å². The van der Waals surface area contributed by atoms with Gasteiger partial charge in [-0.3, -0.25) is 9.59 Å². The molecule has 1 aromatic heterocycles. The lowest BCUT2D eigenvalue weighted by Gasteiger charge is -2.19. The molecule has 1 amide bonds. The molecule has 6 heteroatoms. The van der Waals surface area contributed by atoms with Gasteiger partial charge in [-0.1, -0.05) is 24.3 Å². The van der Waals surface area contributed by atoms with Crippen molar-refractivity contribution in [1.82, 2.24) is 15.1 Å². The maximum absolute atomic E-state index is 14.5. The van der Waals surface area contributed by atoms with Crippen LogP contribution in [0.25, 0.3) is 10.8 Å². The van der Waals surface area contributed by atoms with Crippen LogP contribution in [0, 0.1) is 5.82 Å². The molecule has 1 N–H and O–H groups in total. The van der Waals surface area contributed by atoms with E-state index < -0.39 is 5.82 Å². The molecule has 1 aliphatic heterocycles. The average molecular weight is 389 g/mol. The summed E-state index contributed by atoms with van der Waals surface area (Å²) in [5, 5.41) is 8.02. The van der Waals surface area contributed by atoms with Gasteiger partial charge >= 0.3 is 0 Å². The molecule has 5 nitrogen and oxygen atoms in total. The minimum absolute atomic E-state index is 0.0948. The molecule has 1 aliphatic carbocycles. The average Bonchev–Trinajstić information content (AvgIpc) is 3.33. The van der Waals surface area contributed by atoms with Crippen molar-refractivity contribution in [3.8, 4) is 0 Å². The third-order valence-corrected chi connectivity index (χ3v) is 5.92. The summed E-state index contributed by atoms with van der Waals surface area (Å²) in [5.41, 5.74) is 4.01. The minimum Gasteiger partial charge on any atom is -0.331 e. The fourth-order valence-corrected chi connectivity index (χ4v) is 4.43. The van der Waals surface area contributed by atoms with Gasteiger partial charge in [-0.25, -0.2) is 9.49 Å². The Balaban J connectivity index is 1.44. The van der Waals surface area contributed by atoms with Crippen LogP contribution in [0.15, 0.2) is 58.4 Å². The second kappa shape index (κ2) is 6.95. The van der Waals surface area contributed by atoms with E-state index in [2.05, 4.69) is 10.2 Å². The number of carbonyl (C=O) groups excluding carboxylic acids is 1. The molecule has 2 heterocycles. The van der Waals surface area contributed by atoms with Crippen LogP contribution >= 0.6 is 0 Å². The van der Waals surface area contributed by atoms with Gasteiger partial charge < -0.3 is 4.90 Å². The molecular formula is C23H20FN3O2. The largest absolute Gasteiger partial charge is 0.331 e. The van der Waals surface area contributed by atoms with Crippen molar-refractivity contribution in [3.05, 3.63) is 86.6 Å². The molecule has 0 saturated heterocycles. The maximum atomic E-state index is 14.5. The molecule has 2 aromatic carbocycles. The first-order valence-corrected chi connectivity index (χ1v) is 9.84. The summed E-state index contributed by atoms with van der Waals surface area (Å²) in [4.78, 5) is 26.7. The number of rotatable bonds is 3. The van der Waals surface area contributed by atoms with Gasteiger partial charge in [0.25, 0.3) is 11.5 Å². The molecule has 3 aromatic rings. The Morgan fingerprint density at radius 3 is 2.55 bits per heavy atom. The number of fused-ring (bicyclic) bond motifs is 1. The van der Waals surface area contributed by atoms with Crippen molar-refractivity contribution in [1.29, 1.82) is 0 Å². The maximum Gasteiger partial charge on any atom is 0.272 e. The lowest BCUT2D eigenvalue weighted by molar-refractivity contribution is 0.0789. The molecule has 0 unspecified atom stereocenters. The molecule has 0 radical (unpaired) electrons. The third-order valence-electron chi connectivity index (χ3n) is 5.92. The van der Waals surface area contributed by atoms with Gasteiger partial charge in [-0.05, 0) is 54.2 Å². The standard InChI is InChI=1S/C23H20FN3O2/c24-20-9-8-14(11-21-17-6-1-2-7-18(17)22(28)26-25-21)10-19(20)23(29)27-12-15-4-3-5-16(15)13-27/h1-2,6-10H,3-5,11-13H2,(H,26,28). The number of nitrogens with one attached hydrogen (secondary N) is 1. The lowest BCUT2D eigenvalue weighted by Crippen LogP contribution is -2.30. The highest BCUT2D eigenvalue weighted by molar-refractivity contribution is 5.95. The van der Waals surface area contributed by atoms with E-state index in [-0.39, 0.29) is 17.0 Å². The number of aromatic amines is 1. The molecule has 0 atom stereocenters. The van der Waals surface area contributed by atoms with E-state index in [1.54, 1.807) is 29.2 Å². The molecule has 0 bridgehead atoms. The zero-order chi connectivity index (χ0) is 20.0. The Labute approximate surface area is 166 Å². The Bertz CT molecular complexity index is 1210. The first-order chi connectivity index (χ1) is 14.1. The molecule has 0 fully saturated rings. The normalized spacial score (nSPS) is 16.0. The van der Waals surface area contributed by atoms with Crippen molar-refractivity contribution >= 4 is 16.7 Å². The van der Waals surface area contributed by atoms with Crippen molar-refractivity contribution in [3.63, 3.8) is 0 Å². The highest BCUT2D eigenvalue weighted by atomic mass is 19.1. The Morgan fingerprint density at radius 1 is 1.07 bits per heavy atom. The predicted octanol–water partition coefficient (Wildman–Crippen LogP) is 3.59. The Morgan fingerprint density at radius 2 is 1.79 bits per heavy atom. The van der Waals surface area contributed by atoms with Crippen molar-refractivity contribution < 1.29 is 9.18 Å². The monoisotopic (exact) mass is 389 g/mol. The second-order valence-corrected chi connectivity index (χ2v) is 7.76. The van der Waals surface area contributed by atoms with Gasteiger partial charge in [0.15, 0.2) is 0 Å². The van der Waals surface area contributed by atoms with Crippen LogP contribution in [0.1, 0.15) is 40.9 Å². The SMILES string of the molecule is O=C(c1cc(Cc2n[nH]c(=O)c3ccccc23)ccc1F)N1CC2=C(CCC2)C1. The number of halogens is 1. The van der Waals surface area contributed by atoms with E-state index in [1.165, 1.54) is 17.2 Å². The predicted molar refractivity (Wildman–Crippen MR) is 108 cm³/mol. The van der Waals surface area contributed by atoms with Gasteiger partial charge in [0.1, 0.15) is 5.82 Å². The summed E-state index contributed by atoms with van der Waals surface area (Å²) in [5.74, 6) is -0.775. The molecule has 2 aliphatic rings. The van der Waals surface area contributed by atoms with E-state index >= 15 is 0 Å². The van der Waals surface area contributed by atoms with Gasteiger partial charge in [0.05, 0.1) is 16.6 Å². The fourth-order valence-electron chi connectivity index (χ4n) is 4.43.